The van der Waals surface area contributed by atoms with Gasteiger partial charge in [0.1, 0.15) is 0 Å². The average Bonchev–Trinajstić information content (AvgIpc) is 2.41. The first-order valence-corrected chi connectivity index (χ1v) is 7.66. The Labute approximate surface area is 117 Å². The molecule has 1 aliphatic heterocycles. The summed E-state index contributed by atoms with van der Waals surface area (Å²) in [5, 5.41) is 10.5. The number of likely N-dealkylation sites (N-methyl/N-ethyl adjacent to an activating group) is 1. The van der Waals surface area contributed by atoms with Crippen molar-refractivity contribution >= 4 is 16.0 Å². The van der Waals surface area contributed by atoms with E-state index in [9.17, 15) is 13.2 Å². The van der Waals surface area contributed by atoms with Crippen LogP contribution in [0.3, 0.4) is 0 Å². The van der Waals surface area contributed by atoms with Crippen molar-refractivity contribution in [1.29, 1.82) is 0 Å². The van der Waals surface area contributed by atoms with Crippen molar-refractivity contribution in [1.82, 2.24) is 14.7 Å². The average molecular weight is 299 g/mol. The Morgan fingerprint density at radius 2 is 1.90 bits per heavy atom. The van der Waals surface area contributed by atoms with Crippen LogP contribution in [-0.2, 0) is 10.0 Å². The summed E-state index contributed by atoms with van der Waals surface area (Å²) in [6.45, 7) is 2.73. The topological polar surface area (TPSA) is 90.0 Å². The second kappa shape index (κ2) is 5.88. The lowest BCUT2D eigenvalue weighted by Crippen LogP contribution is -2.52. The monoisotopic (exact) mass is 299 g/mol. The highest BCUT2D eigenvalue weighted by molar-refractivity contribution is 7.89. The van der Waals surface area contributed by atoms with E-state index in [0.717, 1.165) is 19.2 Å². The van der Waals surface area contributed by atoms with Gasteiger partial charge >= 0.3 is 5.97 Å². The summed E-state index contributed by atoms with van der Waals surface area (Å²) in [6.07, 6.45) is 0. The van der Waals surface area contributed by atoms with E-state index in [1.54, 1.807) is 5.01 Å². The molecule has 1 aromatic rings. The van der Waals surface area contributed by atoms with Gasteiger partial charge in [0, 0.05) is 26.2 Å². The molecule has 1 fully saturated rings. The molecule has 0 unspecified atom stereocenters. The summed E-state index contributed by atoms with van der Waals surface area (Å²) < 4.78 is 24.4. The molecular formula is C12H17N3O4S. The Bertz CT molecular complexity index is 594. The largest absolute Gasteiger partial charge is 0.478 e. The van der Waals surface area contributed by atoms with Crippen molar-refractivity contribution in [3.05, 3.63) is 29.8 Å². The third-order valence-corrected chi connectivity index (χ3v) is 4.52. The van der Waals surface area contributed by atoms with Gasteiger partial charge in [0.05, 0.1) is 10.5 Å². The zero-order chi connectivity index (χ0) is 14.8. The third kappa shape index (κ3) is 3.54. The summed E-state index contributed by atoms with van der Waals surface area (Å²) in [6, 6.07) is 5.31. The number of benzene rings is 1. The zero-order valence-electron chi connectivity index (χ0n) is 11.1. The highest BCUT2D eigenvalue weighted by Crippen LogP contribution is 2.12. The molecule has 20 heavy (non-hydrogen) atoms. The SMILES string of the molecule is CN1CCN(NS(=O)(=O)c2cccc(C(=O)O)c2)CC1. The van der Waals surface area contributed by atoms with Gasteiger partial charge in [0.15, 0.2) is 0 Å². The molecule has 1 saturated heterocycles. The summed E-state index contributed by atoms with van der Waals surface area (Å²) in [7, 11) is -1.76. The lowest BCUT2D eigenvalue weighted by molar-refractivity contribution is 0.0696. The van der Waals surface area contributed by atoms with Gasteiger partial charge in [-0.1, -0.05) is 6.07 Å². The van der Waals surface area contributed by atoms with Crippen molar-refractivity contribution in [3.63, 3.8) is 0 Å². The summed E-state index contributed by atoms with van der Waals surface area (Å²) in [5.74, 6) is -1.15. The third-order valence-electron chi connectivity index (χ3n) is 3.14. The van der Waals surface area contributed by atoms with Crippen molar-refractivity contribution < 1.29 is 18.3 Å². The molecule has 0 aliphatic carbocycles. The summed E-state index contributed by atoms with van der Waals surface area (Å²) in [5.41, 5.74) is -0.0498. The molecule has 1 heterocycles. The summed E-state index contributed by atoms with van der Waals surface area (Å²) in [4.78, 5) is 15.4. The van der Waals surface area contributed by atoms with Crippen molar-refractivity contribution in [3.8, 4) is 0 Å². The minimum atomic E-state index is -3.74. The molecule has 0 aromatic heterocycles. The zero-order valence-corrected chi connectivity index (χ0v) is 11.9. The van der Waals surface area contributed by atoms with Crippen LogP contribution >= 0.6 is 0 Å². The predicted molar refractivity (Wildman–Crippen MR) is 72.8 cm³/mol. The fourth-order valence-electron chi connectivity index (χ4n) is 1.92. The fourth-order valence-corrected chi connectivity index (χ4v) is 3.08. The highest BCUT2D eigenvalue weighted by Gasteiger charge is 2.22. The van der Waals surface area contributed by atoms with Gasteiger partial charge in [0.25, 0.3) is 10.0 Å². The van der Waals surface area contributed by atoms with Gasteiger partial charge < -0.3 is 10.0 Å². The number of carbonyl (C=O) groups is 1. The molecule has 0 saturated carbocycles. The van der Waals surface area contributed by atoms with E-state index >= 15 is 0 Å². The number of hydrogen-bond acceptors (Lipinski definition) is 5. The number of hydrogen-bond donors (Lipinski definition) is 2. The second-order valence-corrected chi connectivity index (χ2v) is 6.38. The lowest BCUT2D eigenvalue weighted by atomic mass is 10.2. The molecule has 0 spiro atoms. The molecule has 2 N–H and O–H groups in total. The molecule has 1 aromatic carbocycles. The normalized spacial score (nSPS) is 18.1. The van der Waals surface area contributed by atoms with Crippen molar-refractivity contribution in [2.75, 3.05) is 33.2 Å². The number of sulfonamides is 1. The second-order valence-electron chi connectivity index (χ2n) is 4.72. The maximum absolute atomic E-state index is 12.2. The van der Waals surface area contributed by atoms with Crippen LogP contribution in [0.4, 0.5) is 0 Å². The highest BCUT2D eigenvalue weighted by atomic mass is 32.2. The Morgan fingerprint density at radius 1 is 1.25 bits per heavy atom. The van der Waals surface area contributed by atoms with E-state index < -0.39 is 16.0 Å². The van der Waals surface area contributed by atoms with Crippen LogP contribution in [-0.4, -0.2) is 62.6 Å². The van der Waals surface area contributed by atoms with Gasteiger partial charge in [0.2, 0.25) is 0 Å². The van der Waals surface area contributed by atoms with Crippen LogP contribution in [0.1, 0.15) is 10.4 Å². The molecule has 110 valence electrons. The van der Waals surface area contributed by atoms with E-state index in [2.05, 4.69) is 9.73 Å². The fraction of sp³-hybridized carbons (Fsp3) is 0.417. The van der Waals surface area contributed by atoms with Gasteiger partial charge in [-0.2, -0.15) is 0 Å². The Balaban J connectivity index is 2.14. The molecule has 1 aliphatic rings. The minimum absolute atomic E-state index is 0.0451. The van der Waals surface area contributed by atoms with E-state index in [1.807, 2.05) is 7.05 Å². The van der Waals surface area contributed by atoms with Gasteiger partial charge in [-0.05, 0) is 25.2 Å². The first-order chi connectivity index (χ1) is 9.38. The minimum Gasteiger partial charge on any atom is -0.478 e. The number of piperazine rings is 1. The number of hydrazine groups is 1. The number of carboxylic acid groups (broad SMARTS) is 1. The van der Waals surface area contributed by atoms with Crippen LogP contribution < -0.4 is 4.83 Å². The molecule has 8 heteroatoms. The number of carboxylic acids is 1. The number of nitrogens with one attached hydrogen (secondary N) is 1. The van der Waals surface area contributed by atoms with Crippen molar-refractivity contribution in [2.24, 2.45) is 0 Å². The number of rotatable bonds is 4. The lowest BCUT2D eigenvalue weighted by Gasteiger charge is -2.32. The van der Waals surface area contributed by atoms with Crippen LogP contribution in [0.5, 0.6) is 0 Å². The molecule has 0 radical (unpaired) electrons. The maximum Gasteiger partial charge on any atom is 0.335 e. The van der Waals surface area contributed by atoms with Crippen molar-refractivity contribution in [2.45, 2.75) is 4.90 Å². The predicted octanol–water partition coefficient (Wildman–Crippen LogP) is -0.174. The van der Waals surface area contributed by atoms with Crippen LogP contribution in [0, 0.1) is 0 Å². The van der Waals surface area contributed by atoms with Crippen LogP contribution in [0.2, 0.25) is 0 Å². The first kappa shape index (κ1) is 14.9. The molecular weight excluding hydrogens is 282 g/mol. The van der Waals surface area contributed by atoms with E-state index in [1.165, 1.54) is 18.2 Å². The Kier molecular flexibility index (Phi) is 4.39. The number of aromatic carboxylic acids is 1. The molecule has 0 atom stereocenters. The van der Waals surface area contributed by atoms with E-state index in [0.29, 0.717) is 13.1 Å². The van der Waals surface area contributed by atoms with Crippen LogP contribution in [0.15, 0.2) is 29.2 Å². The first-order valence-electron chi connectivity index (χ1n) is 6.18. The molecule has 2 rings (SSSR count). The van der Waals surface area contributed by atoms with E-state index in [4.69, 9.17) is 5.11 Å². The molecule has 7 nitrogen and oxygen atoms in total. The Hall–Kier alpha value is -1.48. The quantitative estimate of drug-likeness (QED) is 0.802. The summed E-state index contributed by atoms with van der Waals surface area (Å²) >= 11 is 0. The standard InChI is InChI=1S/C12H17N3O4S/c1-14-5-7-15(8-6-14)13-20(18,19)11-4-2-3-10(9-11)12(16)17/h2-4,9,13H,5-8H2,1H3,(H,16,17). The smallest absolute Gasteiger partial charge is 0.335 e. The maximum atomic E-state index is 12.2. The molecule has 0 amide bonds. The van der Waals surface area contributed by atoms with Crippen LogP contribution in [0.25, 0.3) is 0 Å². The Morgan fingerprint density at radius 3 is 2.50 bits per heavy atom. The molecule has 0 bridgehead atoms. The van der Waals surface area contributed by atoms with Gasteiger partial charge in [-0.15, -0.1) is 4.83 Å². The number of nitrogens with zero attached hydrogens (tertiary/aromatic N) is 2. The van der Waals surface area contributed by atoms with E-state index in [-0.39, 0.29) is 10.5 Å². The van der Waals surface area contributed by atoms with Gasteiger partial charge in [-0.25, -0.2) is 18.2 Å². The van der Waals surface area contributed by atoms with Gasteiger partial charge in [-0.3, -0.25) is 0 Å².